The van der Waals surface area contributed by atoms with E-state index in [4.69, 9.17) is 17.3 Å². The molecule has 0 bridgehead atoms. The van der Waals surface area contributed by atoms with Crippen LogP contribution in [0.3, 0.4) is 0 Å². The van der Waals surface area contributed by atoms with Gasteiger partial charge in [-0.15, -0.1) is 0 Å². The van der Waals surface area contributed by atoms with Crippen LogP contribution in [0.1, 0.15) is 10.4 Å². The van der Waals surface area contributed by atoms with Crippen LogP contribution in [-0.2, 0) is 0 Å². The number of aromatic nitrogens is 4. The van der Waals surface area contributed by atoms with Crippen LogP contribution in [-0.4, -0.2) is 25.8 Å². The van der Waals surface area contributed by atoms with Gasteiger partial charge in [0.2, 0.25) is 0 Å². The Balaban J connectivity index is 1.91. The quantitative estimate of drug-likeness (QED) is 0.563. The van der Waals surface area contributed by atoms with E-state index < -0.39 is 5.91 Å². The van der Waals surface area contributed by atoms with Crippen molar-refractivity contribution in [2.24, 2.45) is 5.73 Å². The molecular formula is C19H13ClN6O. The largest absolute Gasteiger partial charge is 0.366 e. The third-order valence-electron chi connectivity index (χ3n) is 3.90. The number of anilines is 2. The fourth-order valence-electron chi connectivity index (χ4n) is 2.66. The number of amides is 1. The first-order valence-electron chi connectivity index (χ1n) is 8.01. The van der Waals surface area contributed by atoms with E-state index in [1.165, 1.54) is 0 Å². The van der Waals surface area contributed by atoms with Gasteiger partial charge in [-0.05, 0) is 30.3 Å². The SMILES string of the molecule is NC(=O)c1ccccc1Nc1nc(-c2cnccn2)nc2ccc(Cl)cc12. The van der Waals surface area contributed by atoms with Crippen LogP contribution in [0.15, 0.2) is 61.1 Å². The Morgan fingerprint density at radius 1 is 1.07 bits per heavy atom. The van der Waals surface area contributed by atoms with Crippen molar-refractivity contribution < 1.29 is 4.79 Å². The number of hydrogen-bond acceptors (Lipinski definition) is 6. The van der Waals surface area contributed by atoms with Gasteiger partial charge in [-0.3, -0.25) is 9.78 Å². The van der Waals surface area contributed by atoms with Crippen LogP contribution in [0, 0.1) is 0 Å². The maximum absolute atomic E-state index is 11.7. The van der Waals surface area contributed by atoms with Gasteiger partial charge in [-0.25, -0.2) is 15.0 Å². The molecular weight excluding hydrogens is 364 g/mol. The highest BCUT2D eigenvalue weighted by atomic mass is 35.5. The summed E-state index contributed by atoms with van der Waals surface area (Å²) in [5, 5.41) is 4.42. The van der Waals surface area contributed by atoms with Crippen molar-refractivity contribution in [1.29, 1.82) is 0 Å². The monoisotopic (exact) mass is 376 g/mol. The van der Waals surface area contributed by atoms with E-state index >= 15 is 0 Å². The Bertz CT molecular complexity index is 1150. The summed E-state index contributed by atoms with van der Waals surface area (Å²) in [6.07, 6.45) is 4.73. The van der Waals surface area contributed by atoms with E-state index in [2.05, 4.69) is 25.3 Å². The predicted molar refractivity (Wildman–Crippen MR) is 104 cm³/mol. The molecule has 3 N–H and O–H groups in total. The normalized spacial score (nSPS) is 10.7. The lowest BCUT2D eigenvalue weighted by Gasteiger charge is -2.13. The van der Waals surface area contributed by atoms with Gasteiger partial charge in [-0.2, -0.15) is 0 Å². The van der Waals surface area contributed by atoms with Crippen molar-refractivity contribution >= 4 is 39.9 Å². The average Bonchev–Trinajstić information content (AvgIpc) is 2.69. The fourth-order valence-corrected chi connectivity index (χ4v) is 2.83. The van der Waals surface area contributed by atoms with Crippen molar-refractivity contribution in [3.8, 4) is 11.5 Å². The molecule has 2 aromatic heterocycles. The van der Waals surface area contributed by atoms with Gasteiger partial charge in [0.15, 0.2) is 5.82 Å². The molecule has 1 amide bonds. The summed E-state index contributed by atoms with van der Waals surface area (Å²) < 4.78 is 0. The van der Waals surface area contributed by atoms with Crippen LogP contribution in [0.5, 0.6) is 0 Å². The Hall–Kier alpha value is -3.58. The first-order chi connectivity index (χ1) is 13.1. The van der Waals surface area contributed by atoms with Crippen LogP contribution < -0.4 is 11.1 Å². The zero-order chi connectivity index (χ0) is 18.8. The Morgan fingerprint density at radius 3 is 2.70 bits per heavy atom. The minimum Gasteiger partial charge on any atom is -0.366 e. The molecule has 0 unspecified atom stereocenters. The molecule has 0 aliphatic carbocycles. The Kier molecular flexibility index (Phi) is 4.35. The van der Waals surface area contributed by atoms with Gasteiger partial charge in [0, 0.05) is 22.8 Å². The highest BCUT2D eigenvalue weighted by Gasteiger charge is 2.14. The zero-order valence-electron chi connectivity index (χ0n) is 13.9. The average molecular weight is 377 g/mol. The van der Waals surface area contributed by atoms with E-state index in [-0.39, 0.29) is 0 Å². The van der Waals surface area contributed by atoms with E-state index in [0.717, 1.165) is 0 Å². The van der Waals surface area contributed by atoms with Gasteiger partial charge in [0.1, 0.15) is 11.5 Å². The number of carbonyl (C=O) groups is 1. The summed E-state index contributed by atoms with van der Waals surface area (Å²) in [6.45, 7) is 0. The number of hydrogen-bond donors (Lipinski definition) is 2. The summed E-state index contributed by atoms with van der Waals surface area (Å²) in [4.78, 5) is 29.2. The first-order valence-corrected chi connectivity index (χ1v) is 8.39. The fraction of sp³-hybridized carbons (Fsp3) is 0. The molecule has 0 saturated carbocycles. The third kappa shape index (κ3) is 3.40. The first kappa shape index (κ1) is 16.9. The van der Waals surface area contributed by atoms with Gasteiger partial charge in [0.25, 0.3) is 5.91 Å². The number of nitrogens with two attached hydrogens (primary N) is 1. The van der Waals surface area contributed by atoms with Crippen LogP contribution in [0.4, 0.5) is 11.5 Å². The molecule has 0 aliphatic rings. The van der Waals surface area contributed by atoms with Crippen molar-refractivity contribution in [1.82, 2.24) is 19.9 Å². The second-order valence-electron chi connectivity index (χ2n) is 5.68. The summed E-state index contributed by atoms with van der Waals surface area (Å²) in [5.41, 5.74) is 7.57. The highest BCUT2D eigenvalue weighted by molar-refractivity contribution is 6.31. The molecule has 2 aromatic carbocycles. The van der Waals surface area contributed by atoms with Gasteiger partial charge < -0.3 is 11.1 Å². The van der Waals surface area contributed by atoms with Crippen molar-refractivity contribution in [3.05, 3.63) is 71.6 Å². The number of nitrogens with one attached hydrogen (secondary N) is 1. The number of rotatable bonds is 4. The van der Waals surface area contributed by atoms with E-state index in [9.17, 15) is 4.79 Å². The van der Waals surface area contributed by atoms with E-state index in [1.807, 2.05) is 0 Å². The molecule has 8 heteroatoms. The highest BCUT2D eigenvalue weighted by Crippen LogP contribution is 2.29. The topological polar surface area (TPSA) is 107 Å². The molecule has 0 atom stereocenters. The maximum Gasteiger partial charge on any atom is 0.250 e. The number of nitrogens with zero attached hydrogens (tertiary/aromatic N) is 4. The lowest BCUT2D eigenvalue weighted by Crippen LogP contribution is -2.13. The standard InChI is InChI=1S/C19H13ClN6O/c20-11-5-6-15-13(9-11)18(24-14-4-2-1-3-12(14)17(21)27)26-19(25-15)16-10-22-7-8-23-16/h1-10H,(H2,21,27)(H,24,25,26). The molecule has 0 aliphatic heterocycles. The molecule has 0 spiro atoms. The summed E-state index contributed by atoms with van der Waals surface area (Å²) in [7, 11) is 0. The van der Waals surface area contributed by atoms with Gasteiger partial charge in [-0.1, -0.05) is 23.7 Å². The Morgan fingerprint density at radius 2 is 1.93 bits per heavy atom. The van der Waals surface area contributed by atoms with E-state index in [1.54, 1.807) is 61.1 Å². The van der Waals surface area contributed by atoms with Gasteiger partial charge in [0.05, 0.1) is 23.0 Å². The lowest BCUT2D eigenvalue weighted by atomic mass is 10.1. The number of halogens is 1. The molecule has 7 nitrogen and oxygen atoms in total. The second kappa shape index (κ2) is 6.97. The molecule has 0 fully saturated rings. The molecule has 4 aromatic rings. The zero-order valence-corrected chi connectivity index (χ0v) is 14.7. The second-order valence-corrected chi connectivity index (χ2v) is 6.12. The number of primary amides is 1. The van der Waals surface area contributed by atoms with Crippen molar-refractivity contribution in [3.63, 3.8) is 0 Å². The molecule has 4 rings (SSSR count). The molecule has 0 radical (unpaired) electrons. The minimum atomic E-state index is -0.538. The van der Waals surface area contributed by atoms with Crippen LogP contribution >= 0.6 is 11.6 Å². The van der Waals surface area contributed by atoms with Crippen molar-refractivity contribution in [2.45, 2.75) is 0 Å². The van der Waals surface area contributed by atoms with Crippen LogP contribution in [0.25, 0.3) is 22.4 Å². The summed E-state index contributed by atoms with van der Waals surface area (Å²) in [5.74, 6) is 0.345. The lowest BCUT2D eigenvalue weighted by molar-refractivity contribution is 0.100. The van der Waals surface area contributed by atoms with Crippen LogP contribution in [0.2, 0.25) is 5.02 Å². The van der Waals surface area contributed by atoms with Crippen molar-refractivity contribution in [2.75, 3.05) is 5.32 Å². The van der Waals surface area contributed by atoms with E-state index in [0.29, 0.717) is 44.5 Å². The smallest absolute Gasteiger partial charge is 0.250 e. The number of carbonyl (C=O) groups excluding carboxylic acids is 1. The Labute approximate surface area is 159 Å². The molecule has 0 saturated heterocycles. The maximum atomic E-state index is 11.7. The number of para-hydroxylation sites is 1. The molecule has 2 heterocycles. The summed E-state index contributed by atoms with van der Waals surface area (Å²) >= 11 is 6.15. The number of benzene rings is 2. The summed E-state index contributed by atoms with van der Waals surface area (Å²) in [6, 6.07) is 12.2. The number of fused-ring (bicyclic) bond motifs is 1. The predicted octanol–water partition coefficient (Wildman–Crippen LogP) is 3.58. The third-order valence-corrected chi connectivity index (χ3v) is 4.13. The van der Waals surface area contributed by atoms with Gasteiger partial charge >= 0.3 is 0 Å². The minimum absolute atomic E-state index is 0.354. The molecule has 27 heavy (non-hydrogen) atoms. The molecule has 132 valence electrons.